The lowest BCUT2D eigenvalue weighted by atomic mass is 10.8. The van der Waals surface area contributed by atoms with Crippen LogP contribution in [0.1, 0.15) is 6.92 Å². The van der Waals surface area contributed by atoms with Crippen LogP contribution in [0.2, 0.25) is 0 Å². The number of hydrogen-bond acceptors (Lipinski definition) is 7. The van der Waals surface area contributed by atoms with Crippen LogP contribution in [0.3, 0.4) is 0 Å². The average Bonchev–Trinajstić information content (AvgIpc) is 2.29. The summed E-state index contributed by atoms with van der Waals surface area (Å²) in [5.74, 6) is -2.76. The van der Waals surface area contributed by atoms with Gasteiger partial charge >= 0.3 is 11.9 Å². The summed E-state index contributed by atoms with van der Waals surface area (Å²) in [4.78, 5) is 27.6. The van der Waals surface area contributed by atoms with E-state index in [0.717, 1.165) is 6.92 Å². The van der Waals surface area contributed by atoms with E-state index in [1.807, 2.05) is 0 Å². The lowest BCUT2D eigenvalue weighted by Crippen LogP contribution is -1.92. The summed E-state index contributed by atoms with van der Waals surface area (Å²) in [6, 6.07) is 0. The van der Waals surface area contributed by atoms with Crippen molar-refractivity contribution >= 4 is 43.2 Å². The maximum Gasteiger partial charge on any atom is 0.313 e. The van der Waals surface area contributed by atoms with Crippen LogP contribution in [0, 0.1) is 0 Å². The summed E-state index contributed by atoms with van der Waals surface area (Å²) in [6.45, 7) is 0.833. The van der Waals surface area contributed by atoms with E-state index in [0.29, 0.717) is 0 Å². The van der Waals surface area contributed by atoms with Crippen molar-refractivity contribution < 1.29 is 39.9 Å². The lowest BCUT2D eigenvalue weighted by molar-refractivity contribution is -0.135. The smallest absolute Gasteiger partial charge is 0.313 e. The van der Waals surface area contributed by atoms with Gasteiger partial charge in [0.25, 0.3) is 5.97 Å². The summed E-state index contributed by atoms with van der Waals surface area (Å²) in [7, 11) is 0. The van der Waals surface area contributed by atoms with E-state index in [4.69, 9.17) is 30.3 Å². The number of aliphatic hydroxyl groups excluding tert-OH is 2. The molecule has 0 unspecified atom stereocenters. The highest BCUT2D eigenvalue weighted by Gasteiger charge is 1.82. The summed E-state index contributed by atoms with van der Waals surface area (Å²) in [5, 5.41) is 38.0. The number of aliphatic carboxylic acids is 3. The van der Waals surface area contributed by atoms with Crippen LogP contribution in [0.15, 0.2) is 0 Å². The van der Waals surface area contributed by atoms with Crippen molar-refractivity contribution in [3.8, 4) is 0 Å². The normalized spacial score (nSPS) is 7.17. The summed E-state index contributed by atoms with van der Waals surface area (Å²) in [5.41, 5.74) is 0. The molecule has 18 heavy (non-hydrogen) atoms. The van der Waals surface area contributed by atoms with Gasteiger partial charge < -0.3 is 25.5 Å². The van der Waals surface area contributed by atoms with Gasteiger partial charge in [-0.3, -0.25) is 14.4 Å². The first-order valence-corrected chi connectivity index (χ1v) is 5.52. The van der Waals surface area contributed by atoms with Gasteiger partial charge in [-0.1, -0.05) is 0 Å². The van der Waals surface area contributed by atoms with Gasteiger partial charge in [-0.15, -0.1) is 0 Å². The van der Waals surface area contributed by atoms with E-state index < -0.39 is 17.9 Å². The second kappa shape index (κ2) is 25.0. The number of aliphatic hydroxyl groups is 2. The number of carboxylic acid groups (broad SMARTS) is 3. The third-order valence-corrected chi connectivity index (χ3v) is 0.912. The lowest BCUT2D eigenvalue weighted by Gasteiger charge is -1.71. The average molecular weight is 306 g/mol. The Hall–Kier alpha value is -0.970. The Morgan fingerprint density at radius 1 is 0.833 bits per heavy atom. The zero-order valence-corrected chi connectivity index (χ0v) is 11.5. The van der Waals surface area contributed by atoms with E-state index >= 15 is 0 Å². The number of rotatable bonds is 3. The molecule has 0 fully saturated rings. The molecule has 8 nitrogen and oxygen atoms in total. The van der Waals surface area contributed by atoms with Gasteiger partial charge in [0.05, 0.1) is 24.7 Å². The molecule has 0 saturated carbocycles. The van der Waals surface area contributed by atoms with Crippen LogP contribution >= 0.6 is 25.3 Å². The molecule has 110 valence electrons. The Labute approximate surface area is 115 Å². The van der Waals surface area contributed by atoms with Crippen LogP contribution in [0.5, 0.6) is 0 Å². The molecule has 0 aliphatic rings. The first-order chi connectivity index (χ1) is 8.19. The molecule has 0 saturated heterocycles. The molecule has 0 aromatic heterocycles. The van der Waals surface area contributed by atoms with E-state index in [1.165, 1.54) is 0 Å². The van der Waals surface area contributed by atoms with Crippen LogP contribution in [-0.2, 0) is 14.4 Å². The van der Waals surface area contributed by atoms with Gasteiger partial charge in [0.15, 0.2) is 0 Å². The molecule has 0 aromatic rings. The Kier molecular flexibility index (Phi) is 35.8. The minimum atomic E-state index is -0.881. The third-order valence-electron chi connectivity index (χ3n) is 0.371. The van der Waals surface area contributed by atoms with Crippen molar-refractivity contribution in [2.45, 2.75) is 6.92 Å². The molecule has 0 heterocycles. The molecular formula is C8H18O8S2. The van der Waals surface area contributed by atoms with E-state index in [2.05, 4.69) is 25.3 Å². The number of hydrogen-bond donors (Lipinski definition) is 7. The van der Waals surface area contributed by atoms with Gasteiger partial charge in [0.2, 0.25) is 0 Å². The minimum absolute atomic E-state index is 0.0833. The number of thiol groups is 2. The molecule has 0 aromatic carbocycles. The molecule has 0 rings (SSSR count). The molecule has 0 bridgehead atoms. The molecule has 0 aliphatic heterocycles. The fraction of sp³-hybridized carbons (Fsp3) is 0.625. The van der Waals surface area contributed by atoms with Crippen molar-refractivity contribution in [2.24, 2.45) is 0 Å². The summed E-state index contributed by atoms with van der Waals surface area (Å²) < 4.78 is 0. The molecule has 0 spiro atoms. The second-order valence-corrected chi connectivity index (χ2v) is 2.70. The van der Waals surface area contributed by atoms with Crippen LogP contribution < -0.4 is 0 Å². The van der Waals surface area contributed by atoms with Gasteiger partial charge in [-0.25, -0.2) is 0 Å². The van der Waals surface area contributed by atoms with E-state index in [-0.39, 0.29) is 24.7 Å². The first kappa shape index (κ1) is 25.8. The molecule has 0 radical (unpaired) electrons. The first-order valence-electron chi connectivity index (χ1n) is 4.26. The van der Waals surface area contributed by atoms with E-state index in [1.54, 1.807) is 0 Å². The Bertz CT molecular complexity index is 189. The van der Waals surface area contributed by atoms with Crippen molar-refractivity contribution in [3.05, 3.63) is 0 Å². The summed E-state index contributed by atoms with van der Waals surface area (Å²) >= 11 is 6.83. The zero-order chi connectivity index (χ0) is 15.6. The van der Waals surface area contributed by atoms with Gasteiger partial charge in [0, 0.05) is 6.92 Å². The fourth-order valence-corrected chi connectivity index (χ4v) is 0. The Balaban J connectivity index is -0.0000000731. The van der Waals surface area contributed by atoms with Crippen molar-refractivity contribution in [3.63, 3.8) is 0 Å². The quantitative estimate of drug-likeness (QED) is 0.330. The predicted molar refractivity (Wildman–Crippen MR) is 70.5 cm³/mol. The van der Waals surface area contributed by atoms with Crippen LogP contribution in [-0.4, -0.2) is 68.2 Å². The highest BCUT2D eigenvalue weighted by molar-refractivity contribution is 7.81. The minimum Gasteiger partial charge on any atom is -0.481 e. The fourth-order valence-electron chi connectivity index (χ4n) is 0. The van der Waals surface area contributed by atoms with Crippen molar-refractivity contribution in [1.29, 1.82) is 0 Å². The highest BCUT2D eigenvalue weighted by Crippen LogP contribution is 1.66. The van der Waals surface area contributed by atoms with Crippen LogP contribution in [0.4, 0.5) is 0 Å². The standard InChI is InChI=1S/2C2H4O2S.C2H4O2.C2H6O2/c2*3-2(4)1-5;1-2(3)4;3-1-2-4/h2*5H,1H2,(H,3,4);1H3,(H,3,4);3-4H,1-2H2. The van der Waals surface area contributed by atoms with Crippen molar-refractivity contribution in [2.75, 3.05) is 24.7 Å². The number of carboxylic acids is 3. The Morgan fingerprint density at radius 2 is 0.944 bits per heavy atom. The number of carbonyl (C=O) groups is 3. The monoisotopic (exact) mass is 306 g/mol. The topological polar surface area (TPSA) is 152 Å². The third kappa shape index (κ3) is 182. The van der Waals surface area contributed by atoms with E-state index in [9.17, 15) is 9.59 Å². The van der Waals surface area contributed by atoms with Crippen molar-refractivity contribution in [1.82, 2.24) is 0 Å². The maximum atomic E-state index is 9.29. The molecule has 5 N–H and O–H groups in total. The molecule has 0 aliphatic carbocycles. The maximum absolute atomic E-state index is 9.29. The largest absolute Gasteiger partial charge is 0.481 e. The SMILES string of the molecule is CC(=O)O.O=C(O)CS.O=C(O)CS.OCCO. The zero-order valence-electron chi connectivity index (χ0n) is 9.68. The molecule has 10 heteroatoms. The highest BCUT2D eigenvalue weighted by atomic mass is 32.1. The van der Waals surface area contributed by atoms with Gasteiger partial charge in [0.1, 0.15) is 0 Å². The molecular weight excluding hydrogens is 288 g/mol. The predicted octanol–water partition coefficient (Wildman–Crippen LogP) is -0.936. The van der Waals surface area contributed by atoms with Crippen LogP contribution in [0.25, 0.3) is 0 Å². The molecule has 0 atom stereocenters. The van der Waals surface area contributed by atoms with Gasteiger partial charge in [-0.05, 0) is 0 Å². The Morgan fingerprint density at radius 3 is 0.944 bits per heavy atom. The molecule has 0 amide bonds. The second-order valence-electron chi connectivity index (χ2n) is 2.07. The van der Waals surface area contributed by atoms with Gasteiger partial charge in [-0.2, -0.15) is 25.3 Å². The summed E-state index contributed by atoms with van der Waals surface area (Å²) in [6.07, 6.45) is 0.